The Balaban J connectivity index is 1.72. The first-order valence-corrected chi connectivity index (χ1v) is 10.8. The van der Waals surface area contributed by atoms with Gasteiger partial charge in [0.2, 0.25) is 0 Å². The van der Waals surface area contributed by atoms with Gasteiger partial charge in [-0.25, -0.2) is 4.79 Å². The van der Waals surface area contributed by atoms with Gasteiger partial charge in [0.15, 0.2) is 0 Å². The fourth-order valence-electron chi connectivity index (χ4n) is 4.20. The molecule has 2 aromatic carbocycles. The van der Waals surface area contributed by atoms with Crippen LogP contribution in [0.4, 0.5) is 10.5 Å². The van der Waals surface area contributed by atoms with E-state index >= 15 is 0 Å². The highest BCUT2D eigenvalue weighted by molar-refractivity contribution is 6.38. The van der Waals surface area contributed by atoms with Gasteiger partial charge in [0.25, 0.3) is 5.91 Å². The van der Waals surface area contributed by atoms with Crippen molar-refractivity contribution >= 4 is 40.9 Å². The van der Waals surface area contributed by atoms with E-state index < -0.39 is 5.60 Å². The van der Waals surface area contributed by atoms with Crippen LogP contribution in [0.2, 0.25) is 10.0 Å². The molecule has 2 aromatic rings. The largest absolute Gasteiger partial charge is 0.444 e. The topological polar surface area (TPSA) is 49.9 Å². The van der Waals surface area contributed by atoms with Gasteiger partial charge in [0.05, 0.1) is 10.7 Å². The molecule has 30 heavy (non-hydrogen) atoms. The van der Waals surface area contributed by atoms with Crippen LogP contribution in [0.15, 0.2) is 36.4 Å². The second-order valence-corrected chi connectivity index (χ2v) is 9.55. The molecule has 158 valence electrons. The Morgan fingerprint density at radius 3 is 2.43 bits per heavy atom. The van der Waals surface area contributed by atoms with E-state index in [1.54, 1.807) is 28.0 Å². The summed E-state index contributed by atoms with van der Waals surface area (Å²) in [7, 11) is 0. The molecular formula is C23H24Cl2N2O3. The molecule has 0 bridgehead atoms. The highest BCUT2D eigenvalue weighted by atomic mass is 35.5. The van der Waals surface area contributed by atoms with E-state index in [9.17, 15) is 9.59 Å². The third-order valence-electron chi connectivity index (χ3n) is 5.42. The van der Waals surface area contributed by atoms with Crippen LogP contribution >= 0.6 is 23.2 Å². The van der Waals surface area contributed by atoms with E-state index in [-0.39, 0.29) is 17.9 Å². The number of halogens is 2. The average Bonchev–Trinajstić information content (AvgIpc) is 2.94. The summed E-state index contributed by atoms with van der Waals surface area (Å²) in [6.07, 6.45) is 0.230. The quantitative estimate of drug-likeness (QED) is 0.578. The van der Waals surface area contributed by atoms with E-state index in [0.717, 1.165) is 11.1 Å². The van der Waals surface area contributed by atoms with Gasteiger partial charge in [-0.15, -0.1) is 0 Å². The van der Waals surface area contributed by atoms with E-state index in [1.807, 2.05) is 39.0 Å². The highest BCUT2D eigenvalue weighted by Gasteiger charge is 2.41. The molecule has 0 saturated heterocycles. The van der Waals surface area contributed by atoms with Crippen molar-refractivity contribution in [1.82, 2.24) is 4.90 Å². The Bertz CT molecular complexity index is 1000. The summed E-state index contributed by atoms with van der Waals surface area (Å²) in [4.78, 5) is 29.4. The normalized spacial score (nSPS) is 18.1. The fourth-order valence-corrected chi connectivity index (χ4v) is 4.88. The lowest BCUT2D eigenvalue weighted by atomic mass is 9.95. The molecule has 2 heterocycles. The molecule has 0 N–H and O–H groups in total. The number of carbonyl (C=O) groups excluding carboxylic acids is 2. The molecule has 7 heteroatoms. The second-order valence-electron chi connectivity index (χ2n) is 8.74. The second kappa shape index (κ2) is 7.78. The zero-order valence-electron chi connectivity index (χ0n) is 17.2. The number of benzene rings is 2. The molecule has 2 amide bonds. The Kier molecular flexibility index (Phi) is 5.45. The maximum atomic E-state index is 13.3. The molecule has 0 fully saturated rings. The van der Waals surface area contributed by atoms with Crippen LogP contribution in [0.1, 0.15) is 48.2 Å². The first-order chi connectivity index (χ1) is 14.2. The van der Waals surface area contributed by atoms with Crippen molar-refractivity contribution < 1.29 is 14.3 Å². The number of hydrogen-bond acceptors (Lipinski definition) is 3. The maximum absolute atomic E-state index is 13.3. The van der Waals surface area contributed by atoms with Gasteiger partial charge in [-0.3, -0.25) is 4.79 Å². The van der Waals surface area contributed by atoms with Crippen LogP contribution in [0.3, 0.4) is 0 Å². The summed E-state index contributed by atoms with van der Waals surface area (Å²) in [5.74, 6) is -0.187. The third-order valence-corrected chi connectivity index (χ3v) is 6.04. The molecule has 2 aliphatic rings. The van der Waals surface area contributed by atoms with Crippen LogP contribution in [-0.2, 0) is 11.2 Å². The Labute approximate surface area is 186 Å². The Morgan fingerprint density at radius 1 is 1.07 bits per heavy atom. The molecule has 0 radical (unpaired) electrons. The summed E-state index contributed by atoms with van der Waals surface area (Å²) in [5, 5.41) is 1.03. The van der Waals surface area contributed by atoms with Crippen molar-refractivity contribution in [3.8, 4) is 0 Å². The molecule has 4 rings (SSSR count). The van der Waals surface area contributed by atoms with Crippen molar-refractivity contribution in [3.63, 3.8) is 0 Å². The van der Waals surface area contributed by atoms with E-state index in [2.05, 4.69) is 0 Å². The standard InChI is InChI=1S/C23H24Cl2N2O3/c1-23(2,3)30-22(29)26-10-9-16-17(24)11-18(25)20-19(16)15(12-26)13-27(20)21(28)14-7-5-4-6-8-14/h4-8,11,15H,9-10,12-13H2,1-3H3. The van der Waals surface area contributed by atoms with Gasteiger partial charge >= 0.3 is 6.09 Å². The van der Waals surface area contributed by atoms with Crippen molar-refractivity contribution in [2.24, 2.45) is 0 Å². The van der Waals surface area contributed by atoms with Gasteiger partial charge < -0.3 is 14.5 Å². The molecule has 0 saturated carbocycles. The Morgan fingerprint density at radius 2 is 1.77 bits per heavy atom. The maximum Gasteiger partial charge on any atom is 0.410 e. The van der Waals surface area contributed by atoms with Gasteiger partial charge in [-0.1, -0.05) is 41.4 Å². The van der Waals surface area contributed by atoms with Gasteiger partial charge in [-0.2, -0.15) is 0 Å². The van der Waals surface area contributed by atoms with Crippen molar-refractivity contribution in [2.75, 3.05) is 24.5 Å². The van der Waals surface area contributed by atoms with Crippen molar-refractivity contribution in [1.29, 1.82) is 0 Å². The molecule has 1 atom stereocenters. The number of rotatable bonds is 1. The predicted octanol–water partition coefficient (Wildman–Crippen LogP) is 5.53. The predicted molar refractivity (Wildman–Crippen MR) is 119 cm³/mol. The molecule has 0 spiro atoms. The molecule has 5 nitrogen and oxygen atoms in total. The molecular weight excluding hydrogens is 423 g/mol. The Hall–Kier alpha value is -2.24. The summed E-state index contributed by atoms with van der Waals surface area (Å²) >= 11 is 13.1. The number of ether oxygens (including phenoxy) is 1. The van der Waals surface area contributed by atoms with Crippen LogP contribution in [0.5, 0.6) is 0 Å². The number of nitrogens with zero attached hydrogens (tertiary/aromatic N) is 2. The average molecular weight is 447 g/mol. The minimum atomic E-state index is -0.576. The zero-order valence-corrected chi connectivity index (χ0v) is 18.8. The smallest absolute Gasteiger partial charge is 0.410 e. The highest BCUT2D eigenvalue weighted by Crippen LogP contribution is 2.48. The van der Waals surface area contributed by atoms with Gasteiger partial charge in [0, 0.05) is 36.1 Å². The third kappa shape index (κ3) is 3.88. The molecule has 2 aliphatic heterocycles. The number of hydrogen-bond donors (Lipinski definition) is 0. The minimum absolute atomic E-state index is 0.0751. The van der Waals surface area contributed by atoms with E-state index in [0.29, 0.717) is 47.4 Å². The fraction of sp³-hybridized carbons (Fsp3) is 0.391. The van der Waals surface area contributed by atoms with E-state index in [1.165, 1.54) is 0 Å². The van der Waals surface area contributed by atoms with Crippen molar-refractivity contribution in [3.05, 3.63) is 63.1 Å². The van der Waals surface area contributed by atoms with Crippen LogP contribution < -0.4 is 4.90 Å². The van der Waals surface area contributed by atoms with Gasteiger partial charge in [0.1, 0.15) is 5.60 Å². The lowest BCUT2D eigenvalue weighted by Gasteiger charge is -2.28. The summed E-state index contributed by atoms with van der Waals surface area (Å²) in [6, 6.07) is 10.8. The summed E-state index contributed by atoms with van der Waals surface area (Å²) < 4.78 is 5.59. The first-order valence-electron chi connectivity index (χ1n) is 10.0. The lowest BCUT2D eigenvalue weighted by Crippen LogP contribution is -2.40. The summed E-state index contributed by atoms with van der Waals surface area (Å²) in [6.45, 7) is 6.94. The van der Waals surface area contributed by atoms with Crippen molar-refractivity contribution in [2.45, 2.75) is 38.7 Å². The number of anilines is 1. The minimum Gasteiger partial charge on any atom is -0.444 e. The van der Waals surface area contributed by atoms with E-state index in [4.69, 9.17) is 27.9 Å². The van der Waals surface area contributed by atoms with Crippen LogP contribution in [-0.4, -0.2) is 42.1 Å². The van der Waals surface area contributed by atoms with Gasteiger partial charge in [-0.05, 0) is 56.5 Å². The molecule has 0 aliphatic carbocycles. The first kappa shape index (κ1) is 21.0. The number of amides is 2. The summed E-state index contributed by atoms with van der Waals surface area (Å²) in [5.41, 5.74) is 2.66. The number of carbonyl (C=O) groups is 2. The van der Waals surface area contributed by atoms with Crippen LogP contribution in [0, 0.1) is 0 Å². The zero-order chi connectivity index (χ0) is 21.6. The monoisotopic (exact) mass is 446 g/mol. The molecule has 1 unspecified atom stereocenters. The SMILES string of the molecule is CC(C)(C)OC(=O)N1CCc2c(Cl)cc(Cl)c3c2C(C1)CN3C(=O)c1ccccc1. The van der Waals surface area contributed by atoms with Crippen LogP contribution in [0.25, 0.3) is 0 Å². The molecule has 0 aromatic heterocycles. The lowest BCUT2D eigenvalue weighted by molar-refractivity contribution is 0.0248.